The lowest BCUT2D eigenvalue weighted by Gasteiger charge is -2.09. The molecule has 7 nitrogen and oxygen atoms in total. The van der Waals surface area contributed by atoms with Crippen LogP contribution in [0.3, 0.4) is 0 Å². The Hall–Kier alpha value is -3.09. The van der Waals surface area contributed by atoms with Crippen molar-refractivity contribution in [3.8, 4) is 0 Å². The van der Waals surface area contributed by atoms with E-state index in [-0.39, 0.29) is 11.4 Å². The number of amides is 1. The number of nitro benzene ring substituents is 1. The summed E-state index contributed by atoms with van der Waals surface area (Å²) in [5.41, 5.74) is 6.03. The van der Waals surface area contributed by atoms with Crippen molar-refractivity contribution in [3.05, 3.63) is 70.7 Å². The Labute approximate surface area is 114 Å². The highest BCUT2D eigenvalue weighted by Crippen LogP contribution is 2.15. The van der Waals surface area contributed by atoms with Crippen LogP contribution in [0, 0.1) is 10.1 Å². The third kappa shape index (κ3) is 3.02. The molecule has 0 aliphatic heterocycles. The Balaban J connectivity index is 1.95. The molecule has 7 heteroatoms. The van der Waals surface area contributed by atoms with Crippen LogP contribution in [0.25, 0.3) is 5.70 Å². The van der Waals surface area contributed by atoms with E-state index in [1.165, 1.54) is 36.6 Å². The van der Waals surface area contributed by atoms with Crippen molar-refractivity contribution in [2.45, 2.75) is 0 Å². The molecule has 1 aromatic carbocycles. The van der Waals surface area contributed by atoms with Crippen molar-refractivity contribution in [3.63, 3.8) is 0 Å². The topological polar surface area (TPSA) is 97.4 Å². The maximum absolute atomic E-state index is 11.6. The summed E-state index contributed by atoms with van der Waals surface area (Å²) in [6.45, 7) is 3.73. The maximum Gasteiger partial charge on any atom is 0.305 e. The molecule has 1 amide bonds. The van der Waals surface area contributed by atoms with Gasteiger partial charge in [0.15, 0.2) is 5.76 Å². The van der Waals surface area contributed by atoms with Crippen molar-refractivity contribution < 1.29 is 14.1 Å². The number of non-ortho nitro benzene ring substituents is 1. The molecule has 2 N–H and O–H groups in total. The first-order valence-electron chi connectivity index (χ1n) is 5.61. The highest BCUT2D eigenvalue weighted by Gasteiger charge is 2.09. The number of carbonyl (C=O) groups excluding carboxylic acids is 1. The van der Waals surface area contributed by atoms with Crippen molar-refractivity contribution in [2.75, 3.05) is 0 Å². The van der Waals surface area contributed by atoms with Gasteiger partial charge in [0.2, 0.25) is 0 Å². The van der Waals surface area contributed by atoms with E-state index in [0.29, 0.717) is 11.3 Å². The minimum atomic E-state index is -0.487. The normalized spacial score (nSPS) is 9.80. The fourth-order valence-electron chi connectivity index (χ4n) is 1.46. The van der Waals surface area contributed by atoms with E-state index in [2.05, 4.69) is 17.4 Å². The number of hydrazine groups is 1. The van der Waals surface area contributed by atoms with E-state index >= 15 is 0 Å². The standard InChI is InChI=1S/C13H11N3O4/c1-9(10-4-6-11(7-5-10)16(18)19)14-15-13(17)12-3-2-8-20-12/h2-8,14H,1H2,(H,15,17). The number of nitrogens with one attached hydrogen (secondary N) is 2. The van der Waals surface area contributed by atoms with Gasteiger partial charge in [-0.25, -0.2) is 0 Å². The molecule has 0 aliphatic carbocycles. The predicted octanol–water partition coefficient (Wildman–Crippen LogP) is 2.09. The largest absolute Gasteiger partial charge is 0.459 e. The van der Waals surface area contributed by atoms with Gasteiger partial charge in [-0.2, -0.15) is 0 Å². The molecule has 20 heavy (non-hydrogen) atoms. The summed E-state index contributed by atoms with van der Waals surface area (Å²) in [6, 6.07) is 8.90. The fourth-order valence-corrected chi connectivity index (χ4v) is 1.46. The fraction of sp³-hybridized carbons (Fsp3) is 0. The summed E-state index contributed by atoms with van der Waals surface area (Å²) >= 11 is 0. The average Bonchev–Trinajstić information content (AvgIpc) is 2.98. The molecule has 0 atom stereocenters. The zero-order valence-corrected chi connectivity index (χ0v) is 10.3. The molecule has 102 valence electrons. The van der Waals surface area contributed by atoms with Crippen LogP contribution >= 0.6 is 0 Å². The van der Waals surface area contributed by atoms with Crippen molar-refractivity contribution >= 4 is 17.3 Å². The molecule has 1 aromatic heterocycles. The first kappa shape index (κ1) is 13.3. The van der Waals surface area contributed by atoms with Gasteiger partial charge >= 0.3 is 5.91 Å². The first-order valence-corrected chi connectivity index (χ1v) is 5.61. The summed E-state index contributed by atoms with van der Waals surface area (Å²) in [4.78, 5) is 21.6. The summed E-state index contributed by atoms with van der Waals surface area (Å²) in [5.74, 6) is -0.285. The van der Waals surface area contributed by atoms with Gasteiger partial charge in [-0.15, -0.1) is 0 Å². The SMILES string of the molecule is C=C(NNC(=O)c1ccco1)c1ccc([N+](=O)[O-])cc1. The van der Waals surface area contributed by atoms with Crippen molar-refractivity contribution in [2.24, 2.45) is 0 Å². The summed E-state index contributed by atoms with van der Waals surface area (Å²) < 4.78 is 4.92. The van der Waals surface area contributed by atoms with Crippen LogP contribution in [-0.4, -0.2) is 10.8 Å². The van der Waals surface area contributed by atoms with E-state index in [0.717, 1.165) is 0 Å². The van der Waals surface area contributed by atoms with Crippen molar-refractivity contribution in [1.29, 1.82) is 0 Å². The molecular weight excluding hydrogens is 262 g/mol. The van der Waals surface area contributed by atoms with Gasteiger partial charge in [0.1, 0.15) is 0 Å². The number of hydrogen-bond acceptors (Lipinski definition) is 5. The van der Waals surface area contributed by atoms with Gasteiger partial charge < -0.3 is 4.42 Å². The van der Waals surface area contributed by atoms with Crippen LogP contribution in [0.15, 0.2) is 53.7 Å². The van der Waals surface area contributed by atoms with Gasteiger partial charge in [-0.3, -0.25) is 25.8 Å². The molecule has 0 unspecified atom stereocenters. The molecule has 0 saturated carbocycles. The second kappa shape index (κ2) is 5.70. The molecule has 0 fully saturated rings. The Morgan fingerprint density at radius 2 is 1.90 bits per heavy atom. The number of carbonyl (C=O) groups is 1. The van der Waals surface area contributed by atoms with E-state index in [1.807, 2.05) is 0 Å². The third-order valence-corrected chi connectivity index (χ3v) is 2.50. The van der Waals surface area contributed by atoms with Crippen molar-refractivity contribution in [1.82, 2.24) is 10.9 Å². The van der Waals surface area contributed by atoms with Gasteiger partial charge in [0.05, 0.1) is 16.9 Å². The Morgan fingerprint density at radius 1 is 1.20 bits per heavy atom. The summed E-state index contributed by atoms with van der Waals surface area (Å²) in [7, 11) is 0. The Kier molecular flexibility index (Phi) is 3.80. The predicted molar refractivity (Wildman–Crippen MR) is 71.4 cm³/mol. The molecule has 0 radical (unpaired) electrons. The number of rotatable bonds is 5. The van der Waals surface area contributed by atoms with Gasteiger partial charge in [0, 0.05) is 12.1 Å². The van der Waals surface area contributed by atoms with E-state index in [1.54, 1.807) is 6.07 Å². The molecular formula is C13H11N3O4. The number of benzene rings is 1. The van der Waals surface area contributed by atoms with Crippen LogP contribution in [0.4, 0.5) is 5.69 Å². The lowest BCUT2D eigenvalue weighted by atomic mass is 10.1. The minimum Gasteiger partial charge on any atom is -0.459 e. The number of furan rings is 1. The third-order valence-electron chi connectivity index (χ3n) is 2.50. The monoisotopic (exact) mass is 273 g/mol. The zero-order valence-electron chi connectivity index (χ0n) is 10.3. The molecule has 2 aromatic rings. The molecule has 0 bridgehead atoms. The zero-order chi connectivity index (χ0) is 14.5. The maximum atomic E-state index is 11.6. The van der Waals surface area contributed by atoms with Crippen LogP contribution in [0.5, 0.6) is 0 Å². The molecule has 1 heterocycles. The Bertz CT molecular complexity index is 632. The first-order chi connectivity index (χ1) is 9.58. The quantitative estimate of drug-likeness (QED) is 0.642. The van der Waals surface area contributed by atoms with E-state index in [4.69, 9.17) is 4.42 Å². The van der Waals surface area contributed by atoms with E-state index < -0.39 is 10.8 Å². The number of hydrogen-bond donors (Lipinski definition) is 2. The van der Waals surface area contributed by atoms with Crippen LogP contribution in [-0.2, 0) is 0 Å². The average molecular weight is 273 g/mol. The minimum absolute atomic E-state index is 0.0128. The lowest BCUT2D eigenvalue weighted by molar-refractivity contribution is -0.384. The Morgan fingerprint density at radius 3 is 2.45 bits per heavy atom. The number of nitrogens with zero attached hydrogens (tertiary/aromatic N) is 1. The highest BCUT2D eigenvalue weighted by molar-refractivity contribution is 5.91. The second-order valence-corrected chi connectivity index (χ2v) is 3.84. The van der Waals surface area contributed by atoms with Crippen LogP contribution < -0.4 is 10.9 Å². The smallest absolute Gasteiger partial charge is 0.305 e. The van der Waals surface area contributed by atoms with Crippen LogP contribution in [0.2, 0.25) is 0 Å². The lowest BCUT2D eigenvalue weighted by Crippen LogP contribution is -2.35. The molecule has 0 aliphatic rings. The second-order valence-electron chi connectivity index (χ2n) is 3.84. The van der Waals surface area contributed by atoms with Gasteiger partial charge in [0.25, 0.3) is 5.69 Å². The molecule has 0 spiro atoms. The number of nitro groups is 1. The summed E-state index contributed by atoms with van der Waals surface area (Å²) in [6.07, 6.45) is 1.39. The van der Waals surface area contributed by atoms with E-state index in [9.17, 15) is 14.9 Å². The van der Waals surface area contributed by atoms with Crippen LogP contribution in [0.1, 0.15) is 16.1 Å². The summed E-state index contributed by atoms with van der Waals surface area (Å²) in [5, 5.41) is 10.5. The molecule has 0 saturated heterocycles. The molecule has 2 rings (SSSR count). The van der Waals surface area contributed by atoms with Gasteiger partial charge in [-0.1, -0.05) is 6.58 Å². The highest BCUT2D eigenvalue weighted by atomic mass is 16.6. The van der Waals surface area contributed by atoms with Gasteiger partial charge in [-0.05, 0) is 29.8 Å².